The van der Waals surface area contributed by atoms with Crippen molar-refractivity contribution in [3.8, 4) is 0 Å². The quantitative estimate of drug-likeness (QED) is 0.765. The number of primary amides is 1. The number of carbonyl (C=O) groups excluding carboxylic acids is 1. The van der Waals surface area contributed by atoms with Crippen molar-refractivity contribution in [2.24, 2.45) is 11.5 Å². The van der Waals surface area contributed by atoms with Gasteiger partial charge in [0.15, 0.2) is 0 Å². The Balaban J connectivity index is 0.000000240. The molecule has 0 bridgehead atoms. The molecule has 1 aliphatic heterocycles. The first-order valence-corrected chi connectivity index (χ1v) is 7.84. The SMILES string of the molecule is CC(C)(C)OC(N)=O.NC1CCC(N2CCOCC2)CC1. The molecule has 1 saturated heterocycles. The van der Waals surface area contributed by atoms with Crippen LogP contribution in [0.25, 0.3) is 0 Å². The van der Waals surface area contributed by atoms with Crippen molar-refractivity contribution in [1.82, 2.24) is 4.90 Å². The molecule has 0 unspecified atom stereocenters. The van der Waals surface area contributed by atoms with Crippen LogP contribution >= 0.6 is 0 Å². The molecule has 1 saturated carbocycles. The standard InChI is InChI=1S/C10H20N2O.C5H11NO2/c11-9-1-3-10(4-2-9)12-5-7-13-8-6-12;1-5(2,3)8-4(6)7/h9-10H,1-8,11H2;1-3H3,(H2,6,7). The maximum Gasteiger partial charge on any atom is 0.405 e. The van der Waals surface area contributed by atoms with Crippen LogP contribution in [0.3, 0.4) is 0 Å². The van der Waals surface area contributed by atoms with Crippen molar-refractivity contribution in [2.75, 3.05) is 26.3 Å². The van der Waals surface area contributed by atoms with Gasteiger partial charge in [-0.1, -0.05) is 0 Å². The van der Waals surface area contributed by atoms with Crippen LogP contribution in [0.1, 0.15) is 46.5 Å². The number of hydrogen-bond donors (Lipinski definition) is 2. The van der Waals surface area contributed by atoms with Crippen LogP contribution in [-0.4, -0.2) is 55.0 Å². The lowest BCUT2D eigenvalue weighted by atomic mass is 9.90. The van der Waals surface area contributed by atoms with Crippen molar-refractivity contribution < 1.29 is 14.3 Å². The number of carbonyl (C=O) groups is 1. The zero-order chi connectivity index (χ0) is 15.9. The van der Waals surface area contributed by atoms with Gasteiger partial charge < -0.3 is 20.9 Å². The first kappa shape index (κ1) is 18.2. The molecule has 2 fully saturated rings. The normalized spacial score (nSPS) is 27.4. The fraction of sp³-hybridized carbons (Fsp3) is 0.933. The van der Waals surface area contributed by atoms with Crippen molar-refractivity contribution in [2.45, 2.75) is 64.1 Å². The van der Waals surface area contributed by atoms with Crippen molar-refractivity contribution in [1.29, 1.82) is 0 Å². The molecule has 0 spiro atoms. The van der Waals surface area contributed by atoms with Gasteiger partial charge in [0.2, 0.25) is 0 Å². The highest BCUT2D eigenvalue weighted by atomic mass is 16.6. The molecule has 0 aromatic heterocycles. The van der Waals surface area contributed by atoms with Gasteiger partial charge in [0.1, 0.15) is 5.60 Å². The Hall–Kier alpha value is -0.850. The largest absolute Gasteiger partial charge is 0.444 e. The molecule has 21 heavy (non-hydrogen) atoms. The molecule has 1 heterocycles. The monoisotopic (exact) mass is 301 g/mol. The fourth-order valence-electron chi connectivity index (χ4n) is 2.71. The Morgan fingerprint density at radius 1 is 1.14 bits per heavy atom. The van der Waals surface area contributed by atoms with Gasteiger partial charge in [-0.05, 0) is 46.5 Å². The third kappa shape index (κ3) is 8.24. The second kappa shape index (κ2) is 8.56. The number of morpholine rings is 1. The first-order chi connectivity index (χ1) is 9.78. The highest BCUT2D eigenvalue weighted by molar-refractivity contribution is 5.65. The van der Waals surface area contributed by atoms with Crippen molar-refractivity contribution >= 4 is 6.09 Å². The number of rotatable bonds is 1. The second-order valence-corrected chi connectivity index (χ2v) is 6.75. The van der Waals surface area contributed by atoms with E-state index in [-0.39, 0.29) is 0 Å². The summed E-state index contributed by atoms with van der Waals surface area (Å²) in [6.45, 7) is 9.37. The minimum atomic E-state index is -0.725. The van der Waals surface area contributed by atoms with Crippen LogP contribution in [0.4, 0.5) is 4.79 Å². The Morgan fingerprint density at radius 2 is 1.67 bits per heavy atom. The van der Waals surface area contributed by atoms with Gasteiger partial charge in [-0.25, -0.2) is 4.79 Å². The van der Waals surface area contributed by atoms with Crippen LogP contribution < -0.4 is 11.5 Å². The summed E-state index contributed by atoms with van der Waals surface area (Å²) < 4.78 is 9.92. The molecule has 6 heteroatoms. The summed E-state index contributed by atoms with van der Waals surface area (Å²) in [5.41, 5.74) is 10.1. The minimum absolute atomic E-state index is 0.453. The average molecular weight is 301 g/mol. The molecule has 0 aromatic rings. The van der Waals surface area contributed by atoms with Gasteiger partial charge in [0.25, 0.3) is 0 Å². The van der Waals surface area contributed by atoms with Gasteiger partial charge in [0.05, 0.1) is 13.2 Å². The molecular formula is C15H31N3O3. The van der Waals surface area contributed by atoms with E-state index in [1.54, 1.807) is 20.8 Å². The molecular weight excluding hydrogens is 270 g/mol. The minimum Gasteiger partial charge on any atom is -0.444 e. The Labute approximate surface area is 128 Å². The van der Waals surface area contributed by atoms with Gasteiger partial charge in [-0.3, -0.25) is 4.90 Å². The lowest BCUT2D eigenvalue weighted by molar-refractivity contribution is 0.00749. The Bertz CT molecular complexity index is 304. The second-order valence-electron chi connectivity index (χ2n) is 6.75. The van der Waals surface area contributed by atoms with E-state index in [1.807, 2.05) is 0 Å². The maximum absolute atomic E-state index is 10.0. The van der Waals surface area contributed by atoms with E-state index in [2.05, 4.69) is 9.64 Å². The molecule has 1 aliphatic carbocycles. The summed E-state index contributed by atoms with van der Waals surface area (Å²) in [5.74, 6) is 0. The number of hydrogen-bond acceptors (Lipinski definition) is 5. The van der Waals surface area contributed by atoms with Crippen molar-refractivity contribution in [3.63, 3.8) is 0 Å². The predicted molar refractivity (Wildman–Crippen MR) is 83.0 cm³/mol. The number of nitrogens with zero attached hydrogens (tertiary/aromatic N) is 1. The molecule has 2 rings (SSSR count). The summed E-state index contributed by atoms with van der Waals surface area (Å²) in [7, 11) is 0. The summed E-state index contributed by atoms with van der Waals surface area (Å²) >= 11 is 0. The molecule has 2 aliphatic rings. The van der Waals surface area contributed by atoms with E-state index >= 15 is 0 Å². The van der Waals surface area contributed by atoms with Crippen LogP contribution in [-0.2, 0) is 9.47 Å². The van der Waals surface area contributed by atoms with Crippen LogP contribution in [0, 0.1) is 0 Å². The number of nitrogens with two attached hydrogens (primary N) is 2. The predicted octanol–water partition coefficient (Wildman–Crippen LogP) is 1.47. The first-order valence-electron chi connectivity index (χ1n) is 7.84. The molecule has 124 valence electrons. The molecule has 4 N–H and O–H groups in total. The fourth-order valence-corrected chi connectivity index (χ4v) is 2.71. The molecule has 1 amide bonds. The molecule has 0 radical (unpaired) electrons. The van der Waals surface area contributed by atoms with E-state index in [1.165, 1.54) is 25.7 Å². The van der Waals surface area contributed by atoms with E-state index < -0.39 is 11.7 Å². The zero-order valence-corrected chi connectivity index (χ0v) is 13.6. The molecule has 6 nitrogen and oxygen atoms in total. The lowest BCUT2D eigenvalue weighted by Crippen LogP contribution is -2.46. The molecule has 0 atom stereocenters. The van der Waals surface area contributed by atoms with Crippen LogP contribution in [0.5, 0.6) is 0 Å². The summed E-state index contributed by atoms with van der Waals surface area (Å²) in [5, 5.41) is 0. The maximum atomic E-state index is 10.0. The summed E-state index contributed by atoms with van der Waals surface area (Å²) in [6.07, 6.45) is 4.28. The van der Waals surface area contributed by atoms with E-state index in [0.717, 1.165) is 32.3 Å². The topological polar surface area (TPSA) is 90.8 Å². The highest BCUT2D eigenvalue weighted by Crippen LogP contribution is 2.22. The smallest absolute Gasteiger partial charge is 0.405 e. The third-order valence-corrected chi connectivity index (χ3v) is 3.71. The van der Waals surface area contributed by atoms with E-state index in [4.69, 9.17) is 16.2 Å². The summed E-state index contributed by atoms with van der Waals surface area (Å²) in [4.78, 5) is 12.6. The number of ether oxygens (including phenoxy) is 2. The lowest BCUT2D eigenvalue weighted by Gasteiger charge is -2.38. The van der Waals surface area contributed by atoms with E-state index in [9.17, 15) is 4.79 Å². The Kier molecular flexibility index (Phi) is 7.42. The zero-order valence-electron chi connectivity index (χ0n) is 13.6. The highest BCUT2D eigenvalue weighted by Gasteiger charge is 2.25. The average Bonchev–Trinajstić information content (AvgIpc) is 2.38. The van der Waals surface area contributed by atoms with Gasteiger partial charge in [-0.15, -0.1) is 0 Å². The van der Waals surface area contributed by atoms with E-state index in [0.29, 0.717) is 6.04 Å². The van der Waals surface area contributed by atoms with Crippen LogP contribution in [0.2, 0.25) is 0 Å². The van der Waals surface area contributed by atoms with Gasteiger partial charge in [0, 0.05) is 25.2 Å². The van der Waals surface area contributed by atoms with Crippen LogP contribution in [0.15, 0.2) is 0 Å². The van der Waals surface area contributed by atoms with Gasteiger partial charge >= 0.3 is 6.09 Å². The van der Waals surface area contributed by atoms with Gasteiger partial charge in [-0.2, -0.15) is 0 Å². The Morgan fingerprint density at radius 3 is 2.05 bits per heavy atom. The third-order valence-electron chi connectivity index (χ3n) is 3.71. The van der Waals surface area contributed by atoms with Crippen molar-refractivity contribution in [3.05, 3.63) is 0 Å². The number of amides is 1. The summed E-state index contributed by atoms with van der Waals surface area (Å²) in [6, 6.07) is 1.26. The molecule has 0 aromatic carbocycles.